The van der Waals surface area contributed by atoms with Crippen molar-refractivity contribution in [2.24, 2.45) is 0 Å². The van der Waals surface area contributed by atoms with Crippen LogP contribution in [0.5, 0.6) is 11.5 Å². The minimum absolute atomic E-state index is 0.183. The van der Waals surface area contributed by atoms with Crippen LogP contribution in [-0.4, -0.2) is 5.78 Å². The summed E-state index contributed by atoms with van der Waals surface area (Å²) < 4.78 is 24.7. The Balaban J connectivity index is 1.58. The minimum atomic E-state index is -0.297. The zero-order chi connectivity index (χ0) is 20.5. The van der Waals surface area contributed by atoms with E-state index in [1.54, 1.807) is 48.5 Å². The molecule has 0 unspecified atom stereocenters. The third-order valence-corrected chi connectivity index (χ3v) is 5.16. The van der Waals surface area contributed by atoms with Crippen LogP contribution in [0.2, 0.25) is 10.0 Å². The van der Waals surface area contributed by atoms with Crippen molar-refractivity contribution in [3.8, 4) is 11.5 Å². The van der Waals surface area contributed by atoms with E-state index in [-0.39, 0.29) is 24.0 Å². The fourth-order valence-electron chi connectivity index (χ4n) is 3.03. The van der Waals surface area contributed by atoms with Crippen molar-refractivity contribution < 1.29 is 18.7 Å². The third-order valence-electron chi connectivity index (χ3n) is 4.59. The summed E-state index contributed by atoms with van der Waals surface area (Å²) in [6.45, 7) is 2.10. The average molecular weight is 429 g/mol. The summed E-state index contributed by atoms with van der Waals surface area (Å²) in [5.74, 6) is 0.714. The Hall–Kier alpha value is -2.82. The molecule has 0 atom stereocenters. The van der Waals surface area contributed by atoms with Crippen LogP contribution in [0, 0.1) is 12.7 Å². The molecule has 146 valence electrons. The second-order valence-corrected chi connectivity index (χ2v) is 7.43. The van der Waals surface area contributed by atoms with Crippen molar-refractivity contribution in [2.45, 2.75) is 13.5 Å². The molecule has 0 spiro atoms. The fraction of sp³-hybridized carbons (Fsp3) is 0.0870. The largest absolute Gasteiger partial charge is 0.488 e. The van der Waals surface area contributed by atoms with Gasteiger partial charge in [0, 0.05) is 15.6 Å². The highest BCUT2D eigenvalue weighted by atomic mass is 35.5. The number of carbonyl (C=O) groups is 1. The highest BCUT2D eigenvalue weighted by Gasteiger charge is 2.30. The number of hydrogen-bond donors (Lipinski definition) is 0. The number of Topliss-reactive ketones (excluding diaryl/α,β-unsaturated/α-hetero) is 1. The lowest BCUT2D eigenvalue weighted by molar-refractivity contribution is 0.101. The smallest absolute Gasteiger partial charge is 0.231 e. The zero-order valence-corrected chi connectivity index (χ0v) is 16.9. The summed E-state index contributed by atoms with van der Waals surface area (Å²) in [7, 11) is 0. The first kappa shape index (κ1) is 19.5. The lowest BCUT2D eigenvalue weighted by atomic mass is 10.1. The normalized spacial score (nSPS) is 14.1. The van der Waals surface area contributed by atoms with Gasteiger partial charge in [-0.05, 0) is 60.5 Å². The average Bonchev–Trinajstić information content (AvgIpc) is 3.01. The first-order valence-electron chi connectivity index (χ1n) is 8.82. The Morgan fingerprint density at radius 3 is 2.55 bits per heavy atom. The molecule has 0 saturated heterocycles. The van der Waals surface area contributed by atoms with Gasteiger partial charge in [-0.25, -0.2) is 4.39 Å². The molecular formula is C23H15Cl2FO3. The molecule has 3 nitrogen and oxygen atoms in total. The predicted octanol–water partition coefficient (Wildman–Crippen LogP) is 6.64. The van der Waals surface area contributed by atoms with Crippen LogP contribution in [0.3, 0.4) is 0 Å². The van der Waals surface area contributed by atoms with Crippen LogP contribution < -0.4 is 9.47 Å². The summed E-state index contributed by atoms with van der Waals surface area (Å²) in [6.07, 6.45) is 1.60. The van der Waals surface area contributed by atoms with Gasteiger partial charge in [0.05, 0.1) is 5.56 Å². The van der Waals surface area contributed by atoms with Crippen molar-refractivity contribution in [1.29, 1.82) is 0 Å². The van der Waals surface area contributed by atoms with E-state index in [0.29, 0.717) is 38.2 Å². The maximum atomic E-state index is 13.0. The van der Waals surface area contributed by atoms with Crippen LogP contribution in [0.1, 0.15) is 27.0 Å². The lowest BCUT2D eigenvalue weighted by Crippen LogP contribution is -1.98. The molecule has 1 aliphatic rings. The highest BCUT2D eigenvalue weighted by molar-refractivity contribution is 6.35. The number of benzene rings is 3. The Bertz CT molecular complexity index is 1140. The molecule has 0 aliphatic carbocycles. The standard InChI is InChI=1S/C23H15Cl2FO3/c1-13-20(28-12-14-2-6-17(26)7-3-14)9-8-18-22(27)21(29-23(13)18)10-15-4-5-16(24)11-19(15)25/h2-11H,12H2,1H3/b21-10-. The quantitative estimate of drug-likeness (QED) is 0.437. The topological polar surface area (TPSA) is 35.5 Å². The highest BCUT2D eigenvalue weighted by Crippen LogP contribution is 2.40. The summed E-state index contributed by atoms with van der Waals surface area (Å²) in [4.78, 5) is 12.7. The molecule has 3 aromatic carbocycles. The van der Waals surface area contributed by atoms with Crippen molar-refractivity contribution in [2.75, 3.05) is 0 Å². The van der Waals surface area contributed by atoms with E-state index in [1.807, 2.05) is 6.92 Å². The Morgan fingerprint density at radius 2 is 1.83 bits per heavy atom. The van der Waals surface area contributed by atoms with Gasteiger partial charge in [0.25, 0.3) is 0 Å². The molecule has 0 aromatic heterocycles. The molecule has 6 heteroatoms. The molecule has 0 amide bonds. The number of ether oxygens (including phenoxy) is 2. The van der Waals surface area contributed by atoms with Gasteiger partial charge in [-0.15, -0.1) is 0 Å². The second kappa shape index (κ2) is 7.90. The maximum Gasteiger partial charge on any atom is 0.231 e. The second-order valence-electron chi connectivity index (χ2n) is 6.59. The van der Waals surface area contributed by atoms with E-state index in [2.05, 4.69) is 0 Å². The molecule has 0 fully saturated rings. The van der Waals surface area contributed by atoms with Gasteiger partial charge in [-0.1, -0.05) is 41.4 Å². The van der Waals surface area contributed by atoms with Crippen LogP contribution in [0.4, 0.5) is 4.39 Å². The number of allylic oxidation sites excluding steroid dienone is 1. The van der Waals surface area contributed by atoms with E-state index in [4.69, 9.17) is 32.7 Å². The number of hydrogen-bond acceptors (Lipinski definition) is 3. The maximum absolute atomic E-state index is 13.0. The van der Waals surface area contributed by atoms with Gasteiger partial charge in [0.15, 0.2) is 5.76 Å². The first-order valence-corrected chi connectivity index (χ1v) is 9.58. The van der Waals surface area contributed by atoms with E-state index in [9.17, 15) is 9.18 Å². The predicted molar refractivity (Wildman–Crippen MR) is 111 cm³/mol. The summed E-state index contributed by atoms with van der Waals surface area (Å²) in [6, 6.07) is 14.5. The van der Waals surface area contributed by atoms with E-state index >= 15 is 0 Å². The Labute approximate surface area is 177 Å². The van der Waals surface area contributed by atoms with Crippen molar-refractivity contribution in [3.63, 3.8) is 0 Å². The molecule has 0 bridgehead atoms. The van der Waals surface area contributed by atoms with Crippen molar-refractivity contribution in [3.05, 3.63) is 98.5 Å². The van der Waals surface area contributed by atoms with Crippen molar-refractivity contribution in [1.82, 2.24) is 0 Å². The van der Waals surface area contributed by atoms with Gasteiger partial charge >= 0.3 is 0 Å². The van der Waals surface area contributed by atoms with Gasteiger partial charge in [-0.3, -0.25) is 4.79 Å². The van der Waals surface area contributed by atoms with Crippen LogP contribution in [0.25, 0.3) is 6.08 Å². The van der Waals surface area contributed by atoms with Crippen molar-refractivity contribution >= 4 is 35.1 Å². The van der Waals surface area contributed by atoms with Crippen LogP contribution in [0.15, 0.2) is 60.4 Å². The monoisotopic (exact) mass is 428 g/mol. The Morgan fingerprint density at radius 1 is 1.07 bits per heavy atom. The zero-order valence-electron chi connectivity index (χ0n) is 15.3. The minimum Gasteiger partial charge on any atom is -0.488 e. The first-order chi connectivity index (χ1) is 13.9. The molecule has 0 saturated carbocycles. The summed E-state index contributed by atoms with van der Waals surface area (Å²) >= 11 is 12.1. The van der Waals surface area contributed by atoms with E-state index in [1.165, 1.54) is 12.1 Å². The van der Waals surface area contributed by atoms with Gasteiger partial charge in [0.2, 0.25) is 5.78 Å². The number of rotatable bonds is 4. The molecule has 29 heavy (non-hydrogen) atoms. The van der Waals surface area contributed by atoms with Gasteiger partial charge < -0.3 is 9.47 Å². The van der Waals surface area contributed by atoms with Gasteiger partial charge in [-0.2, -0.15) is 0 Å². The number of fused-ring (bicyclic) bond motifs is 1. The number of carbonyl (C=O) groups excluding carboxylic acids is 1. The van der Waals surface area contributed by atoms with E-state index < -0.39 is 0 Å². The molecule has 1 aliphatic heterocycles. The van der Waals surface area contributed by atoms with Gasteiger partial charge in [0.1, 0.15) is 23.9 Å². The SMILES string of the molecule is Cc1c(OCc2ccc(F)cc2)ccc2c1O/C(=C\c1ccc(Cl)cc1Cl)C2=O. The van der Waals surface area contributed by atoms with Crippen LogP contribution >= 0.6 is 23.2 Å². The van der Waals surface area contributed by atoms with E-state index in [0.717, 1.165) is 5.56 Å². The molecule has 0 radical (unpaired) electrons. The molecule has 3 aromatic rings. The Kier molecular flexibility index (Phi) is 5.31. The lowest BCUT2D eigenvalue weighted by Gasteiger charge is -2.11. The summed E-state index contributed by atoms with van der Waals surface area (Å²) in [5, 5.41) is 0.940. The van der Waals surface area contributed by atoms with Crippen LogP contribution in [-0.2, 0) is 6.61 Å². The fourth-order valence-corrected chi connectivity index (χ4v) is 3.49. The third kappa shape index (κ3) is 4.00. The number of ketones is 1. The molecular weight excluding hydrogens is 414 g/mol. The number of halogens is 3. The summed E-state index contributed by atoms with van der Waals surface area (Å²) in [5.41, 5.74) is 2.65. The molecule has 0 N–H and O–H groups in total. The molecule has 4 rings (SSSR count). The molecule has 1 heterocycles.